The predicted octanol–water partition coefficient (Wildman–Crippen LogP) is 6.15. The fraction of sp³-hybridized carbons (Fsp3) is 0.250. The average molecular weight is 543 g/mol. The highest BCUT2D eigenvalue weighted by Gasteiger charge is 2.26. The summed E-state index contributed by atoms with van der Waals surface area (Å²) in [4.78, 5) is 22.1. The van der Waals surface area contributed by atoms with Gasteiger partial charge in [0.1, 0.15) is 34.3 Å². The third kappa shape index (κ3) is 5.57. The van der Waals surface area contributed by atoms with E-state index in [2.05, 4.69) is 34.3 Å². The molecule has 38 heavy (non-hydrogen) atoms. The fourth-order valence-electron chi connectivity index (χ4n) is 3.94. The van der Waals surface area contributed by atoms with E-state index in [0.29, 0.717) is 34.3 Å². The maximum atomic E-state index is 13.2. The topological polar surface area (TPSA) is 138 Å². The highest BCUT2D eigenvalue weighted by atomic mass is 32.2. The summed E-state index contributed by atoms with van der Waals surface area (Å²) in [5.41, 5.74) is 9.56. The smallest absolute Gasteiger partial charge is 0.239 e. The van der Waals surface area contributed by atoms with E-state index in [0.717, 1.165) is 39.7 Å². The van der Waals surface area contributed by atoms with Gasteiger partial charge in [0.25, 0.3) is 0 Å². The number of nitrogen functional groups attached to an aromatic ring is 1. The second-order valence-corrected chi connectivity index (χ2v) is 10.5. The van der Waals surface area contributed by atoms with Crippen molar-refractivity contribution in [1.29, 1.82) is 10.5 Å². The lowest BCUT2D eigenvalue weighted by Gasteiger charge is -2.17. The molecule has 0 spiro atoms. The number of rotatable bonds is 9. The number of benzene rings is 2. The van der Waals surface area contributed by atoms with E-state index in [9.17, 15) is 15.3 Å². The molecule has 0 radical (unpaired) electrons. The van der Waals surface area contributed by atoms with E-state index in [1.165, 1.54) is 11.3 Å². The minimum Gasteiger partial charge on any atom is -0.494 e. The molecule has 10 heteroatoms. The van der Waals surface area contributed by atoms with Crippen molar-refractivity contribution < 1.29 is 9.53 Å². The number of thiazole rings is 1. The lowest BCUT2D eigenvalue weighted by atomic mass is 9.96. The molecule has 0 bridgehead atoms. The van der Waals surface area contributed by atoms with Crippen molar-refractivity contribution in [1.82, 2.24) is 9.97 Å². The maximum Gasteiger partial charge on any atom is 0.239 e. The van der Waals surface area contributed by atoms with Crippen LogP contribution in [0.25, 0.3) is 21.3 Å². The van der Waals surface area contributed by atoms with Crippen LogP contribution < -0.4 is 15.8 Å². The number of nitrogens with one attached hydrogen (secondary N) is 1. The maximum absolute atomic E-state index is 13.2. The van der Waals surface area contributed by atoms with Crippen molar-refractivity contribution in [3.8, 4) is 29.0 Å². The molecule has 1 unspecified atom stereocenters. The van der Waals surface area contributed by atoms with Crippen molar-refractivity contribution in [3.63, 3.8) is 0 Å². The Balaban J connectivity index is 1.64. The van der Waals surface area contributed by atoms with Gasteiger partial charge in [0.2, 0.25) is 5.91 Å². The van der Waals surface area contributed by atoms with Gasteiger partial charge in [-0.2, -0.15) is 10.5 Å². The molecule has 0 aliphatic rings. The van der Waals surface area contributed by atoms with Crippen LogP contribution in [0.15, 0.2) is 47.5 Å². The molecule has 0 aliphatic carbocycles. The molecule has 0 saturated carbocycles. The van der Waals surface area contributed by atoms with Gasteiger partial charge in [-0.05, 0) is 49.1 Å². The van der Waals surface area contributed by atoms with Gasteiger partial charge < -0.3 is 15.8 Å². The van der Waals surface area contributed by atoms with E-state index in [-0.39, 0.29) is 22.9 Å². The molecule has 2 heterocycles. The number of hydrogen-bond donors (Lipinski definition) is 2. The van der Waals surface area contributed by atoms with Crippen LogP contribution in [0.4, 0.5) is 10.9 Å². The largest absolute Gasteiger partial charge is 0.494 e. The van der Waals surface area contributed by atoms with Crippen molar-refractivity contribution in [3.05, 3.63) is 59.2 Å². The molecule has 3 N–H and O–H groups in total. The van der Waals surface area contributed by atoms with E-state index in [4.69, 9.17) is 10.5 Å². The lowest BCUT2D eigenvalue weighted by Crippen LogP contribution is -2.25. The molecule has 1 amide bonds. The Morgan fingerprint density at radius 2 is 1.84 bits per heavy atom. The zero-order chi connectivity index (χ0) is 27.2. The molecular weight excluding hydrogens is 516 g/mol. The SMILES string of the molecule is CCOc1ccc2nc(NC(=O)C(CC)Sc3nc(N)c(C#N)c(-c4ccc(CC)cc4)c3C#N)sc2c1. The summed E-state index contributed by atoms with van der Waals surface area (Å²) in [6.07, 6.45) is 1.34. The number of nitriles is 2. The molecule has 0 aliphatic heterocycles. The summed E-state index contributed by atoms with van der Waals surface area (Å²) in [6, 6.07) is 17.6. The Bertz CT molecular complexity index is 1570. The van der Waals surface area contributed by atoms with Crippen molar-refractivity contribution >= 4 is 50.2 Å². The van der Waals surface area contributed by atoms with Gasteiger partial charge in [-0.15, -0.1) is 0 Å². The molecule has 2 aromatic heterocycles. The van der Waals surface area contributed by atoms with Crippen LogP contribution in [0.2, 0.25) is 0 Å². The summed E-state index contributed by atoms with van der Waals surface area (Å²) < 4.78 is 6.45. The molecule has 8 nitrogen and oxygen atoms in total. The van der Waals surface area contributed by atoms with Gasteiger partial charge in [-0.1, -0.05) is 61.2 Å². The number of amides is 1. The Kier molecular flexibility index (Phi) is 8.47. The number of fused-ring (bicyclic) bond motifs is 1. The molecule has 1 atom stereocenters. The van der Waals surface area contributed by atoms with Crippen LogP contribution in [-0.4, -0.2) is 27.7 Å². The van der Waals surface area contributed by atoms with Crippen LogP contribution in [0, 0.1) is 22.7 Å². The van der Waals surface area contributed by atoms with Gasteiger partial charge in [-0.3, -0.25) is 4.79 Å². The number of carbonyl (C=O) groups excluding carboxylic acids is 1. The summed E-state index contributed by atoms with van der Waals surface area (Å²) in [5, 5.41) is 23.0. The van der Waals surface area contributed by atoms with Gasteiger partial charge in [0, 0.05) is 5.56 Å². The number of anilines is 2. The van der Waals surface area contributed by atoms with Gasteiger partial charge in [-0.25, -0.2) is 9.97 Å². The minimum atomic E-state index is -0.566. The number of carbonyl (C=O) groups is 1. The monoisotopic (exact) mass is 542 g/mol. The van der Waals surface area contributed by atoms with Crippen molar-refractivity contribution in [2.75, 3.05) is 17.7 Å². The van der Waals surface area contributed by atoms with Gasteiger partial charge in [0.05, 0.1) is 27.6 Å². The first kappa shape index (κ1) is 26.9. The zero-order valence-corrected chi connectivity index (χ0v) is 22.9. The fourth-order valence-corrected chi connectivity index (χ4v) is 5.85. The highest BCUT2D eigenvalue weighted by Crippen LogP contribution is 2.38. The molecule has 0 saturated heterocycles. The number of pyridine rings is 1. The summed E-state index contributed by atoms with van der Waals surface area (Å²) in [6.45, 7) is 6.42. The number of nitrogens with zero attached hydrogens (tertiary/aromatic N) is 4. The summed E-state index contributed by atoms with van der Waals surface area (Å²) in [7, 11) is 0. The first-order valence-corrected chi connectivity index (χ1v) is 13.9. The Hall–Kier alpha value is -4.12. The molecule has 4 rings (SSSR count). The molecular formula is C28H26N6O2S2. The molecule has 0 fully saturated rings. The molecule has 4 aromatic rings. The number of nitrogens with two attached hydrogens (primary N) is 1. The number of ether oxygens (including phenoxy) is 1. The average Bonchev–Trinajstić information content (AvgIpc) is 3.32. The third-order valence-electron chi connectivity index (χ3n) is 5.88. The zero-order valence-electron chi connectivity index (χ0n) is 21.2. The molecule has 192 valence electrons. The van der Waals surface area contributed by atoms with Crippen molar-refractivity contribution in [2.45, 2.75) is 43.9 Å². The summed E-state index contributed by atoms with van der Waals surface area (Å²) >= 11 is 2.52. The number of aromatic nitrogens is 2. The normalized spacial score (nSPS) is 11.5. The van der Waals surface area contributed by atoms with E-state index in [1.54, 1.807) is 0 Å². The molecule has 2 aromatic carbocycles. The standard InChI is InChI=1S/C28H26N6O2S2/c1-4-16-7-9-17(10-8-16)24-19(14-29)25(31)33-27(20(24)15-30)37-22(5-2)26(35)34-28-32-21-12-11-18(36-6-3)13-23(21)38-28/h7-13,22H,4-6H2,1-3H3,(H2,31,33)(H,32,34,35). The highest BCUT2D eigenvalue weighted by molar-refractivity contribution is 8.00. The van der Waals surface area contributed by atoms with E-state index >= 15 is 0 Å². The predicted molar refractivity (Wildman–Crippen MR) is 152 cm³/mol. The third-order valence-corrected chi connectivity index (χ3v) is 8.17. The van der Waals surface area contributed by atoms with Crippen LogP contribution in [0.5, 0.6) is 5.75 Å². The quantitative estimate of drug-likeness (QED) is 0.240. The Morgan fingerprint density at radius 3 is 2.47 bits per heavy atom. The van der Waals surface area contributed by atoms with E-state index in [1.807, 2.05) is 56.3 Å². The first-order chi connectivity index (χ1) is 18.4. The lowest BCUT2D eigenvalue weighted by molar-refractivity contribution is -0.115. The van der Waals surface area contributed by atoms with Crippen LogP contribution in [0.3, 0.4) is 0 Å². The Morgan fingerprint density at radius 1 is 1.11 bits per heavy atom. The number of aryl methyl sites for hydroxylation is 1. The first-order valence-electron chi connectivity index (χ1n) is 12.2. The van der Waals surface area contributed by atoms with Crippen molar-refractivity contribution in [2.24, 2.45) is 0 Å². The van der Waals surface area contributed by atoms with Crippen LogP contribution in [0.1, 0.15) is 43.9 Å². The minimum absolute atomic E-state index is 0.0232. The number of hydrogen-bond acceptors (Lipinski definition) is 9. The second-order valence-electron chi connectivity index (χ2n) is 8.29. The van der Waals surface area contributed by atoms with Gasteiger partial charge >= 0.3 is 0 Å². The van der Waals surface area contributed by atoms with Crippen LogP contribution in [-0.2, 0) is 11.2 Å². The van der Waals surface area contributed by atoms with E-state index < -0.39 is 5.25 Å². The Labute approximate surface area is 229 Å². The second kappa shape index (κ2) is 12.0. The van der Waals surface area contributed by atoms with Crippen LogP contribution >= 0.6 is 23.1 Å². The number of thioether (sulfide) groups is 1. The summed E-state index contributed by atoms with van der Waals surface area (Å²) in [5.74, 6) is 0.510. The van der Waals surface area contributed by atoms with Gasteiger partial charge in [0.15, 0.2) is 5.13 Å².